The number of fused-ring (bicyclic) bond motifs is 1. The third-order valence-corrected chi connectivity index (χ3v) is 4.36. The predicted molar refractivity (Wildman–Crippen MR) is 103 cm³/mol. The molecule has 0 saturated heterocycles. The predicted octanol–water partition coefficient (Wildman–Crippen LogP) is 1.92. The van der Waals surface area contributed by atoms with Gasteiger partial charge >= 0.3 is 0 Å². The smallest absolute Gasteiger partial charge is 0.270 e. The lowest BCUT2D eigenvalue weighted by Crippen LogP contribution is -2.44. The lowest BCUT2D eigenvalue weighted by Gasteiger charge is -2.14. The Balaban J connectivity index is 1.61. The molecule has 0 spiro atoms. The van der Waals surface area contributed by atoms with Crippen molar-refractivity contribution in [1.82, 2.24) is 20.2 Å². The maximum Gasteiger partial charge on any atom is 0.270 e. The Hall–Kier alpha value is -3.75. The Kier molecular flexibility index (Phi) is 5.35. The van der Waals surface area contributed by atoms with Gasteiger partial charge < -0.3 is 15.2 Å². The molecule has 2 amide bonds. The molecule has 3 aromatic rings. The molecule has 28 heavy (non-hydrogen) atoms. The lowest BCUT2D eigenvalue weighted by atomic mass is 10.1. The molecule has 0 aliphatic rings. The number of nitro groups is 1. The number of carbonyl (C=O) groups excluding carboxylic acids is 2. The molecule has 3 rings (SSSR count). The van der Waals surface area contributed by atoms with Gasteiger partial charge in [-0.3, -0.25) is 19.7 Å². The molecule has 1 aromatic heterocycles. The highest BCUT2D eigenvalue weighted by Crippen LogP contribution is 2.14. The van der Waals surface area contributed by atoms with Crippen LogP contribution in [0.4, 0.5) is 5.69 Å². The number of para-hydroxylation sites is 2. The summed E-state index contributed by atoms with van der Waals surface area (Å²) in [6, 6.07) is 12.2. The molecule has 0 bridgehead atoms. The summed E-state index contributed by atoms with van der Waals surface area (Å²) in [4.78, 5) is 39.3. The van der Waals surface area contributed by atoms with Crippen molar-refractivity contribution in [3.05, 3.63) is 70.0 Å². The number of aromatic nitrogens is 2. The van der Waals surface area contributed by atoms with Crippen molar-refractivity contribution in [3.8, 4) is 0 Å². The first kappa shape index (κ1) is 19.0. The molecule has 0 aliphatic carbocycles. The molecule has 1 unspecified atom stereocenters. The molecule has 0 radical (unpaired) electrons. The van der Waals surface area contributed by atoms with Crippen molar-refractivity contribution in [2.24, 2.45) is 7.05 Å². The molecule has 9 heteroatoms. The van der Waals surface area contributed by atoms with Gasteiger partial charge in [-0.25, -0.2) is 4.98 Å². The van der Waals surface area contributed by atoms with Gasteiger partial charge in [-0.2, -0.15) is 0 Å². The number of non-ortho nitro benzene ring substituents is 1. The largest absolute Gasteiger partial charge is 0.347 e. The van der Waals surface area contributed by atoms with Crippen LogP contribution in [0.1, 0.15) is 23.1 Å². The average Bonchev–Trinajstić information content (AvgIpc) is 3.02. The van der Waals surface area contributed by atoms with Crippen LogP contribution in [-0.2, 0) is 18.4 Å². The number of nitrogens with zero attached hydrogens (tertiary/aromatic N) is 3. The molecule has 1 atom stereocenters. The van der Waals surface area contributed by atoms with E-state index in [1.807, 2.05) is 35.9 Å². The summed E-state index contributed by atoms with van der Waals surface area (Å²) in [5, 5.41) is 16.1. The Labute approximate surface area is 160 Å². The number of amides is 2. The van der Waals surface area contributed by atoms with Crippen molar-refractivity contribution in [2.75, 3.05) is 0 Å². The third kappa shape index (κ3) is 3.98. The summed E-state index contributed by atoms with van der Waals surface area (Å²) in [6.45, 7) is 1.75. The number of aryl methyl sites for hydroxylation is 1. The van der Waals surface area contributed by atoms with Crippen LogP contribution in [0, 0.1) is 10.1 Å². The third-order valence-electron chi connectivity index (χ3n) is 4.36. The van der Waals surface area contributed by atoms with E-state index < -0.39 is 16.9 Å². The fraction of sp³-hybridized carbons (Fsp3) is 0.211. The normalized spacial score (nSPS) is 11.8. The zero-order valence-electron chi connectivity index (χ0n) is 15.4. The number of hydrogen-bond donors (Lipinski definition) is 2. The van der Waals surface area contributed by atoms with Gasteiger partial charge in [0, 0.05) is 24.7 Å². The fourth-order valence-corrected chi connectivity index (χ4v) is 2.78. The summed E-state index contributed by atoms with van der Waals surface area (Å²) in [7, 11) is 1.87. The highest BCUT2D eigenvalue weighted by Gasteiger charge is 2.18. The van der Waals surface area contributed by atoms with Crippen molar-refractivity contribution in [3.63, 3.8) is 0 Å². The first-order chi connectivity index (χ1) is 13.4. The van der Waals surface area contributed by atoms with E-state index in [0.29, 0.717) is 5.82 Å². The second kappa shape index (κ2) is 7.87. The summed E-state index contributed by atoms with van der Waals surface area (Å²) < 4.78 is 1.89. The summed E-state index contributed by atoms with van der Waals surface area (Å²) in [5.41, 5.74) is 1.72. The highest BCUT2D eigenvalue weighted by atomic mass is 16.6. The monoisotopic (exact) mass is 381 g/mol. The maximum absolute atomic E-state index is 12.3. The number of rotatable bonds is 6. The molecule has 0 saturated carbocycles. The second-order valence-corrected chi connectivity index (χ2v) is 6.30. The van der Waals surface area contributed by atoms with Crippen molar-refractivity contribution in [1.29, 1.82) is 0 Å². The van der Waals surface area contributed by atoms with E-state index in [2.05, 4.69) is 15.6 Å². The summed E-state index contributed by atoms with van der Waals surface area (Å²) >= 11 is 0. The van der Waals surface area contributed by atoms with Crippen LogP contribution in [0.3, 0.4) is 0 Å². The average molecular weight is 381 g/mol. The Morgan fingerprint density at radius 2 is 1.96 bits per heavy atom. The zero-order chi connectivity index (χ0) is 20.3. The molecule has 0 aliphatic heterocycles. The van der Waals surface area contributed by atoms with E-state index in [0.717, 1.165) is 11.0 Å². The molecular formula is C19H19N5O4. The van der Waals surface area contributed by atoms with Crippen LogP contribution in [-0.4, -0.2) is 32.3 Å². The number of nitro benzene ring substituents is 1. The molecule has 0 fully saturated rings. The first-order valence-electron chi connectivity index (χ1n) is 8.60. The van der Waals surface area contributed by atoms with E-state index in [1.54, 1.807) is 6.92 Å². The second-order valence-electron chi connectivity index (χ2n) is 6.30. The van der Waals surface area contributed by atoms with Gasteiger partial charge in [-0.15, -0.1) is 0 Å². The maximum atomic E-state index is 12.3. The minimum Gasteiger partial charge on any atom is -0.347 e. The van der Waals surface area contributed by atoms with E-state index in [4.69, 9.17) is 0 Å². The topological polar surface area (TPSA) is 119 Å². The Bertz CT molecular complexity index is 1060. The van der Waals surface area contributed by atoms with Crippen LogP contribution >= 0.6 is 0 Å². The fourth-order valence-electron chi connectivity index (χ4n) is 2.78. The number of nitrogens with one attached hydrogen (secondary N) is 2. The van der Waals surface area contributed by atoms with Crippen LogP contribution in [0.15, 0.2) is 48.5 Å². The van der Waals surface area contributed by atoms with Crippen molar-refractivity contribution < 1.29 is 14.5 Å². The van der Waals surface area contributed by atoms with Crippen LogP contribution in [0.5, 0.6) is 0 Å². The first-order valence-corrected chi connectivity index (χ1v) is 8.60. The number of benzene rings is 2. The van der Waals surface area contributed by atoms with Crippen LogP contribution in [0.2, 0.25) is 0 Å². The van der Waals surface area contributed by atoms with Gasteiger partial charge in [0.15, 0.2) is 0 Å². The van der Waals surface area contributed by atoms with E-state index in [9.17, 15) is 19.7 Å². The van der Waals surface area contributed by atoms with E-state index in [-0.39, 0.29) is 23.7 Å². The molecule has 2 aromatic carbocycles. The minimum absolute atomic E-state index is 0.115. The summed E-state index contributed by atoms with van der Waals surface area (Å²) in [5.74, 6) is -0.258. The van der Waals surface area contributed by atoms with Crippen LogP contribution in [0.25, 0.3) is 11.0 Å². The summed E-state index contributed by atoms with van der Waals surface area (Å²) in [6.07, 6.45) is 0. The van der Waals surface area contributed by atoms with Crippen molar-refractivity contribution >= 4 is 28.5 Å². The lowest BCUT2D eigenvalue weighted by molar-refractivity contribution is -0.384. The standard InChI is InChI=1S/C19H19N5O4/c1-12(21-19(26)13-6-5-7-14(10-13)24(27)28)18(25)20-11-17-22-15-8-3-4-9-16(15)23(17)2/h3-10,12H,11H2,1-2H3,(H,20,25)(H,21,26). The molecule has 9 nitrogen and oxygen atoms in total. The number of hydrogen-bond acceptors (Lipinski definition) is 5. The molecule has 144 valence electrons. The Morgan fingerprint density at radius 1 is 1.21 bits per heavy atom. The minimum atomic E-state index is -0.818. The van der Waals surface area contributed by atoms with Gasteiger partial charge in [0.2, 0.25) is 5.91 Å². The quantitative estimate of drug-likeness (QED) is 0.499. The molecule has 1 heterocycles. The molecular weight excluding hydrogens is 362 g/mol. The molecule has 2 N–H and O–H groups in total. The highest BCUT2D eigenvalue weighted by molar-refractivity contribution is 5.97. The van der Waals surface area contributed by atoms with Crippen LogP contribution < -0.4 is 10.6 Å². The van der Waals surface area contributed by atoms with Gasteiger partial charge in [0.1, 0.15) is 11.9 Å². The van der Waals surface area contributed by atoms with Gasteiger partial charge in [-0.05, 0) is 25.1 Å². The SMILES string of the molecule is CC(NC(=O)c1cccc([N+](=O)[O-])c1)C(=O)NCc1nc2ccccc2n1C. The number of imidazole rings is 1. The van der Waals surface area contributed by atoms with Crippen molar-refractivity contribution in [2.45, 2.75) is 19.5 Å². The van der Waals surface area contributed by atoms with Gasteiger partial charge in [0.25, 0.3) is 11.6 Å². The number of carbonyl (C=O) groups is 2. The van der Waals surface area contributed by atoms with Gasteiger partial charge in [-0.1, -0.05) is 18.2 Å². The van der Waals surface area contributed by atoms with E-state index >= 15 is 0 Å². The Morgan fingerprint density at radius 3 is 2.68 bits per heavy atom. The van der Waals surface area contributed by atoms with Gasteiger partial charge in [0.05, 0.1) is 22.5 Å². The van der Waals surface area contributed by atoms with E-state index in [1.165, 1.54) is 24.3 Å². The zero-order valence-corrected chi connectivity index (χ0v) is 15.4.